The average molecular weight is 532 g/mol. The van der Waals surface area contributed by atoms with Crippen LogP contribution in [0.25, 0.3) is 10.2 Å². The summed E-state index contributed by atoms with van der Waals surface area (Å²) in [6.45, 7) is 0. The quantitative estimate of drug-likeness (QED) is 0.271. The number of halogens is 4. The SMILES string of the molecule is COC(=O)c1sc2nccc3c2c1NC(=O)N3c1ccc(C(=O)Oc2cc(C(F)(F)F)ccn2)cc1F. The average Bonchev–Trinajstić information content (AvgIpc) is 3.23. The van der Waals surface area contributed by atoms with Gasteiger partial charge in [0.05, 0.1) is 40.7 Å². The molecule has 0 bridgehead atoms. The normalized spacial score (nSPS) is 12.9. The maximum atomic E-state index is 15.2. The fraction of sp³-hybridized carbons (Fsp3) is 0.0870. The zero-order valence-electron chi connectivity index (χ0n) is 18.4. The van der Waals surface area contributed by atoms with Crippen LogP contribution in [-0.2, 0) is 10.9 Å². The van der Waals surface area contributed by atoms with Gasteiger partial charge in [0.15, 0.2) is 0 Å². The van der Waals surface area contributed by atoms with Crippen molar-refractivity contribution in [3.8, 4) is 5.88 Å². The van der Waals surface area contributed by atoms with E-state index in [0.717, 1.165) is 40.6 Å². The van der Waals surface area contributed by atoms with E-state index in [2.05, 4.69) is 15.3 Å². The van der Waals surface area contributed by atoms with Gasteiger partial charge in [-0.2, -0.15) is 13.2 Å². The molecular weight excluding hydrogens is 520 g/mol. The van der Waals surface area contributed by atoms with Gasteiger partial charge in [-0.15, -0.1) is 11.3 Å². The summed E-state index contributed by atoms with van der Waals surface area (Å²) in [7, 11) is 1.19. The van der Waals surface area contributed by atoms with Gasteiger partial charge >= 0.3 is 24.1 Å². The van der Waals surface area contributed by atoms with E-state index in [4.69, 9.17) is 9.47 Å². The fourth-order valence-corrected chi connectivity index (χ4v) is 4.71. The number of thiophene rings is 1. The van der Waals surface area contributed by atoms with Gasteiger partial charge in [0, 0.05) is 18.5 Å². The lowest BCUT2D eigenvalue weighted by Crippen LogP contribution is -2.34. The van der Waals surface area contributed by atoms with Gasteiger partial charge in [-0.1, -0.05) is 0 Å². The molecule has 1 aromatic carbocycles. The number of alkyl halides is 3. The number of anilines is 3. The lowest BCUT2D eigenvalue weighted by molar-refractivity contribution is -0.137. The minimum absolute atomic E-state index is 0.118. The van der Waals surface area contributed by atoms with Crippen molar-refractivity contribution in [1.82, 2.24) is 9.97 Å². The molecule has 0 fully saturated rings. The van der Waals surface area contributed by atoms with Crippen LogP contribution >= 0.6 is 11.3 Å². The van der Waals surface area contributed by atoms with Crippen molar-refractivity contribution < 1.29 is 41.4 Å². The standard InChI is InChI=1S/C23H12F4N4O5S/c1-35-21(33)18-17-16-14(5-7-29-19(16)37-18)31(22(34)30-17)13-3-2-10(8-12(13)24)20(32)36-15-9-11(4-6-28-15)23(25,26)27/h2-9H,1H3,(H,30,34). The van der Waals surface area contributed by atoms with E-state index >= 15 is 4.39 Å². The summed E-state index contributed by atoms with van der Waals surface area (Å²) < 4.78 is 63.5. The molecule has 0 aliphatic carbocycles. The first-order valence-electron chi connectivity index (χ1n) is 10.2. The summed E-state index contributed by atoms with van der Waals surface area (Å²) in [5.41, 5.74) is -1.23. The van der Waals surface area contributed by atoms with E-state index < -0.39 is 41.4 Å². The first-order valence-corrected chi connectivity index (χ1v) is 11.1. The van der Waals surface area contributed by atoms with Crippen molar-refractivity contribution in [1.29, 1.82) is 0 Å². The molecule has 14 heteroatoms. The van der Waals surface area contributed by atoms with Crippen molar-refractivity contribution in [3.63, 3.8) is 0 Å². The zero-order chi connectivity index (χ0) is 26.5. The number of nitrogens with zero attached hydrogens (tertiary/aromatic N) is 3. The maximum absolute atomic E-state index is 15.2. The summed E-state index contributed by atoms with van der Waals surface area (Å²) in [5.74, 6) is -3.46. The number of esters is 2. The molecule has 37 heavy (non-hydrogen) atoms. The highest BCUT2D eigenvalue weighted by Gasteiger charge is 2.34. The first kappa shape index (κ1) is 24.1. The Hall–Kier alpha value is -4.59. The predicted molar refractivity (Wildman–Crippen MR) is 123 cm³/mol. The number of nitrogens with one attached hydrogen (secondary N) is 1. The van der Waals surface area contributed by atoms with Crippen LogP contribution in [0.5, 0.6) is 5.88 Å². The third-order valence-electron chi connectivity index (χ3n) is 5.30. The topological polar surface area (TPSA) is 111 Å². The van der Waals surface area contributed by atoms with Gasteiger partial charge in [-0.05, 0) is 30.3 Å². The first-order chi connectivity index (χ1) is 17.6. The van der Waals surface area contributed by atoms with Crippen LogP contribution in [0.3, 0.4) is 0 Å². The van der Waals surface area contributed by atoms with Crippen molar-refractivity contribution >= 4 is 56.6 Å². The molecule has 0 unspecified atom stereocenters. The molecule has 4 heterocycles. The van der Waals surface area contributed by atoms with Gasteiger partial charge in [0.1, 0.15) is 15.5 Å². The third-order valence-corrected chi connectivity index (χ3v) is 6.38. The van der Waals surface area contributed by atoms with Gasteiger partial charge in [0.2, 0.25) is 5.88 Å². The molecule has 0 saturated heterocycles. The number of rotatable bonds is 4. The number of carbonyl (C=O) groups excluding carboxylic acids is 3. The van der Waals surface area contributed by atoms with Crippen LogP contribution in [-0.4, -0.2) is 35.0 Å². The minimum Gasteiger partial charge on any atom is -0.465 e. The second kappa shape index (κ2) is 8.81. The van der Waals surface area contributed by atoms with Crippen molar-refractivity contribution in [2.24, 2.45) is 0 Å². The molecule has 5 rings (SSSR count). The number of aromatic nitrogens is 2. The van der Waals surface area contributed by atoms with Crippen molar-refractivity contribution in [3.05, 3.63) is 70.6 Å². The summed E-state index contributed by atoms with van der Waals surface area (Å²) in [6.07, 6.45) is -2.47. The summed E-state index contributed by atoms with van der Waals surface area (Å²) >= 11 is 0.990. The highest BCUT2D eigenvalue weighted by molar-refractivity contribution is 7.21. The minimum atomic E-state index is -4.68. The van der Waals surface area contributed by atoms with E-state index in [9.17, 15) is 27.6 Å². The number of hydrogen-bond acceptors (Lipinski definition) is 8. The Kier molecular flexibility index (Phi) is 5.75. The smallest absolute Gasteiger partial charge is 0.416 e. The lowest BCUT2D eigenvalue weighted by Gasteiger charge is -2.28. The van der Waals surface area contributed by atoms with E-state index in [1.54, 1.807) is 0 Å². The maximum Gasteiger partial charge on any atom is 0.416 e. The molecule has 1 aliphatic rings. The van der Waals surface area contributed by atoms with Gasteiger partial charge in [0.25, 0.3) is 0 Å². The van der Waals surface area contributed by atoms with Gasteiger partial charge in [-0.25, -0.2) is 28.7 Å². The monoisotopic (exact) mass is 532 g/mol. The Balaban J connectivity index is 1.48. The second-order valence-electron chi connectivity index (χ2n) is 7.51. The van der Waals surface area contributed by atoms with Crippen molar-refractivity contribution in [2.45, 2.75) is 6.18 Å². The number of methoxy groups -OCH3 is 1. The second-order valence-corrected chi connectivity index (χ2v) is 8.51. The number of pyridine rings is 2. The third kappa shape index (κ3) is 4.20. The van der Waals surface area contributed by atoms with E-state index in [1.807, 2.05) is 0 Å². The molecule has 0 radical (unpaired) electrons. The molecule has 1 aliphatic heterocycles. The molecule has 188 valence electrons. The Labute approximate surface area is 208 Å². The van der Waals surface area contributed by atoms with Gasteiger partial charge in [-0.3, -0.25) is 4.90 Å². The molecule has 0 saturated carbocycles. The highest BCUT2D eigenvalue weighted by atomic mass is 32.1. The largest absolute Gasteiger partial charge is 0.465 e. The molecule has 2 amide bonds. The molecule has 0 atom stereocenters. The highest BCUT2D eigenvalue weighted by Crippen LogP contribution is 2.46. The number of amides is 2. The molecule has 1 N–H and O–H groups in total. The van der Waals surface area contributed by atoms with Crippen molar-refractivity contribution in [2.75, 3.05) is 17.3 Å². The van der Waals surface area contributed by atoms with Crippen LogP contribution < -0.4 is 15.0 Å². The number of carbonyl (C=O) groups is 3. The summed E-state index contributed by atoms with van der Waals surface area (Å²) in [6, 6.07) is 4.97. The number of hydrogen-bond donors (Lipinski definition) is 1. The van der Waals surface area contributed by atoms with Crippen LogP contribution in [0.2, 0.25) is 0 Å². The Morgan fingerprint density at radius 3 is 2.49 bits per heavy atom. The lowest BCUT2D eigenvalue weighted by atomic mass is 10.1. The number of ether oxygens (including phenoxy) is 2. The molecule has 9 nitrogen and oxygen atoms in total. The molecule has 0 spiro atoms. The molecule has 3 aromatic heterocycles. The number of benzene rings is 1. The van der Waals surface area contributed by atoms with Crippen LogP contribution in [0.1, 0.15) is 25.6 Å². The van der Waals surface area contributed by atoms with E-state index in [1.165, 1.54) is 19.4 Å². The molecular formula is C23H12F4N4O5S. The number of urea groups is 1. The Morgan fingerprint density at radius 1 is 1.03 bits per heavy atom. The predicted octanol–water partition coefficient (Wildman–Crippen LogP) is 5.54. The Morgan fingerprint density at radius 2 is 1.78 bits per heavy atom. The van der Waals surface area contributed by atoms with E-state index in [-0.39, 0.29) is 27.5 Å². The zero-order valence-corrected chi connectivity index (χ0v) is 19.2. The van der Waals surface area contributed by atoms with Crippen LogP contribution in [0.15, 0.2) is 48.8 Å². The summed E-state index contributed by atoms with van der Waals surface area (Å²) in [5, 5.41) is 2.94. The van der Waals surface area contributed by atoms with E-state index in [0.29, 0.717) is 22.3 Å². The van der Waals surface area contributed by atoms with Crippen LogP contribution in [0, 0.1) is 5.82 Å². The molecule has 4 aromatic rings. The van der Waals surface area contributed by atoms with Gasteiger partial charge < -0.3 is 14.8 Å². The fourth-order valence-electron chi connectivity index (χ4n) is 3.67. The Bertz CT molecular complexity index is 1600. The van der Waals surface area contributed by atoms with Crippen LogP contribution in [0.4, 0.5) is 39.4 Å². The summed E-state index contributed by atoms with van der Waals surface area (Å²) in [4.78, 5) is 46.8.